The van der Waals surface area contributed by atoms with Gasteiger partial charge in [0.2, 0.25) is 5.91 Å². The average Bonchev–Trinajstić information content (AvgIpc) is 1.36. The molecule has 0 aliphatic heterocycles. The highest BCUT2D eigenvalue weighted by molar-refractivity contribution is 5.90. The summed E-state index contributed by atoms with van der Waals surface area (Å²) in [4.78, 5) is 9.82. The van der Waals surface area contributed by atoms with Crippen LogP contribution in [-0.4, -0.2) is 5.91 Å². The van der Waals surface area contributed by atoms with Gasteiger partial charge < -0.3 is 28.9 Å². The lowest BCUT2D eigenvalue weighted by atomic mass is 10.3. The minimum absolute atomic E-state index is 0. The number of halogens is 1. The molecule has 0 aliphatic carbocycles. The molecule has 8 heavy (non-hydrogen) atoms. The summed E-state index contributed by atoms with van der Waals surface area (Å²) in [5.74, 6) is -0.435. The molecule has 1 amide bonds. The Morgan fingerprint density at radius 2 is 1.75 bits per heavy atom. The van der Waals surface area contributed by atoms with Gasteiger partial charge in [0, 0.05) is 5.57 Å². The Bertz CT molecular complexity index is 80.0. The van der Waals surface area contributed by atoms with Crippen molar-refractivity contribution in [1.82, 2.24) is 6.15 Å². The zero-order chi connectivity index (χ0) is 5.15. The van der Waals surface area contributed by atoms with E-state index in [1.54, 1.807) is 6.92 Å². The summed E-state index contributed by atoms with van der Waals surface area (Å²) in [5, 5.41) is 0. The van der Waals surface area contributed by atoms with Crippen LogP contribution in [0.4, 0.5) is 0 Å². The molecule has 0 unspecified atom stereocenters. The minimum atomic E-state index is -0.435. The lowest BCUT2D eigenvalue weighted by Gasteiger charge is -1.81. The van der Waals surface area contributed by atoms with Crippen molar-refractivity contribution in [3.63, 3.8) is 0 Å². The van der Waals surface area contributed by atoms with Crippen molar-refractivity contribution in [2.24, 2.45) is 5.73 Å². The highest BCUT2D eigenvalue weighted by Gasteiger charge is 1.86. The monoisotopic (exact) mass is 182 g/mol. The number of primary amides is 1. The van der Waals surface area contributed by atoms with E-state index >= 15 is 0 Å². The molecule has 4 heteroatoms. The second-order valence-corrected chi connectivity index (χ2v) is 1.14. The Balaban J connectivity index is -0.000000125. The van der Waals surface area contributed by atoms with E-state index in [0.29, 0.717) is 5.57 Å². The topological polar surface area (TPSA) is 79.6 Å². The number of hydrogen-bond donors (Lipinski definition) is 2. The molecule has 0 heterocycles. The third kappa shape index (κ3) is 9.17. The smallest absolute Gasteiger partial charge is 0.243 e. The first kappa shape index (κ1) is 15.6. The molecule has 0 aromatic carbocycles. The fraction of sp³-hybridized carbons (Fsp3) is 0.250. The van der Waals surface area contributed by atoms with Gasteiger partial charge in [0.1, 0.15) is 0 Å². The molecule has 0 rings (SSSR count). The number of rotatable bonds is 1. The molecule has 3 nitrogen and oxygen atoms in total. The van der Waals surface area contributed by atoms with E-state index < -0.39 is 5.91 Å². The number of nitrogens with two attached hydrogens (primary N) is 1. The van der Waals surface area contributed by atoms with Crippen LogP contribution in [0.25, 0.3) is 0 Å². The molecule has 50 valence electrons. The third-order valence-corrected chi connectivity index (χ3v) is 0.421. The summed E-state index contributed by atoms with van der Waals surface area (Å²) in [6, 6.07) is 0. The van der Waals surface area contributed by atoms with Crippen molar-refractivity contribution in [1.29, 1.82) is 0 Å². The fourth-order valence-corrected chi connectivity index (χ4v) is 0. The van der Waals surface area contributed by atoms with E-state index in [2.05, 4.69) is 6.58 Å². The average molecular weight is 183 g/mol. The Morgan fingerprint density at radius 3 is 1.75 bits per heavy atom. The maximum atomic E-state index is 9.82. The molecule has 0 saturated carbocycles. The fourth-order valence-electron chi connectivity index (χ4n) is 0. The number of carbonyl (C=O) groups is 1. The maximum absolute atomic E-state index is 9.82. The van der Waals surface area contributed by atoms with E-state index in [1.807, 2.05) is 0 Å². The van der Waals surface area contributed by atoms with Crippen molar-refractivity contribution >= 4 is 5.91 Å². The highest BCUT2D eigenvalue weighted by atomic mass is 79.9. The van der Waals surface area contributed by atoms with Crippen molar-refractivity contribution < 1.29 is 21.8 Å². The second kappa shape index (κ2) is 6.65. The third-order valence-electron chi connectivity index (χ3n) is 0.421. The van der Waals surface area contributed by atoms with Crippen molar-refractivity contribution in [2.45, 2.75) is 6.92 Å². The lowest BCUT2D eigenvalue weighted by Crippen LogP contribution is -3.00. The lowest BCUT2D eigenvalue weighted by molar-refractivity contribution is -0.114. The molecule has 0 spiro atoms. The van der Waals surface area contributed by atoms with E-state index in [9.17, 15) is 4.79 Å². The van der Waals surface area contributed by atoms with Gasteiger partial charge >= 0.3 is 0 Å². The first-order chi connectivity index (χ1) is 2.64. The Labute approximate surface area is 59.3 Å². The number of carbonyl (C=O) groups excluding carboxylic acids is 1. The second-order valence-electron chi connectivity index (χ2n) is 1.14. The Hall–Kier alpha value is -0.350. The molecule has 0 aromatic rings. The first-order valence-electron chi connectivity index (χ1n) is 1.60. The van der Waals surface area contributed by atoms with Crippen LogP contribution in [0.2, 0.25) is 0 Å². The maximum Gasteiger partial charge on any atom is 0.243 e. The van der Waals surface area contributed by atoms with E-state index in [-0.39, 0.29) is 23.1 Å². The molecule has 0 saturated heterocycles. The summed E-state index contributed by atoms with van der Waals surface area (Å²) in [6.45, 7) is 4.85. The molecule has 0 aromatic heterocycles. The summed E-state index contributed by atoms with van der Waals surface area (Å²) >= 11 is 0. The van der Waals surface area contributed by atoms with Gasteiger partial charge in [-0.25, -0.2) is 0 Å². The highest BCUT2D eigenvalue weighted by Crippen LogP contribution is 1.78. The van der Waals surface area contributed by atoms with Gasteiger partial charge in [-0.3, -0.25) is 4.79 Å². The van der Waals surface area contributed by atoms with Crippen LogP contribution in [0.5, 0.6) is 0 Å². The van der Waals surface area contributed by atoms with Crippen molar-refractivity contribution in [3.05, 3.63) is 12.2 Å². The summed E-state index contributed by atoms with van der Waals surface area (Å²) in [5.41, 5.74) is 5.09. The van der Waals surface area contributed by atoms with E-state index in [0.717, 1.165) is 0 Å². The van der Waals surface area contributed by atoms with E-state index in [4.69, 9.17) is 5.73 Å². The molecule has 0 atom stereocenters. The summed E-state index contributed by atoms with van der Waals surface area (Å²) in [7, 11) is 0. The molecule has 0 bridgehead atoms. The van der Waals surface area contributed by atoms with Gasteiger partial charge in [-0.05, 0) is 6.92 Å². The first-order valence-corrected chi connectivity index (χ1v) is 1.60. The Morgan fingerprint density at radius 1 is 1.62 bits per heavy atom. The van der Waals surface area contributed by atoms with Gasteiger partial charge in [0.25, 0.3) is 0 Å². The number of quaternary nitrogens is 1. The summed E-state index contributed by atoms with van der Waals surface area (Å²) in [6.07, 6.45) is 0. The largest absolute Gasteiger partial charge is 1.00 e. The SMILES string of the molecule is C=C(C)C(N)=O.[Br-].[NH4+]. The van der Waals surface area contributed by atoms with Crippen LogP contribution in [0, 0.1) is 0 Å². The van der Waals surface area contributed by atoms with Crippen molar-refractivity contribution in [3.8, 4) is 0 Å². The standard InChI is InChI=1S/C4H7NO.BrH.H3N/c1-3(2)4(5)6;;/h1H2,2H3,(H2,5,6);1H;1H3. The zero-order valence-electron chi connectivity index (χ0n) is 5.07. The zero-order valence-corrected chi connectivity index (χ0v) is 6.66. The van der Waals surface area contributed by atoms with Crippen LogP contribution in [0.1, 0.15) is 6.92 Å². The number of amides is 1. The molecule has 0 fully saturated rings. The van der Waals surface area contributed by atoms with E-state index in [1.165, 1.54) is 0 Å². The van der Waals surface area contributed by atoms with Gasteiger partial charge in [0.15, 0.2) is 0 Å². The molecule has 6 N–H and O–H groups in total. The van der Waals surface area contributed by atoms with Crippen LogP contribution in [-0.2, 0) is 4.79 Å². The predicted octanol–water partition coefficient (Wildman–Crippen LogP) is -2.57. The molecule has 0 radical (unpaired) electrons. The van der Waals surface area contributed by atoms with Crippen LogP contribution < -0.4 is 28.9 Å². The van der Waals surface area contributed by atoms with Gasteiger partial charge in [-0.2, -0.15) is 0 Å². The van der Waals surface area contributed by atoms with Gasteiger partial charge in [0.05, 0.1) is 0 Å². The van der Waals surface area contributed by atoms with Gasteiger partial charge in [-0.1, -0.05) is 6.58 Å². The Kier molecular flexibility index (Phi) is 13.0. The summed E-state index contributed by atoms with van der Waals surface area (Å²) < 4.78 is 0. The molecular formula is C4H11BrN2O. The van der Waals surface area contributed by atoms with Crippen LogP contribution >= 0.6 is 0 Å². The minimum Gasteiger partial charge on any atom is -1.00 e. The van der Waals surface area contributed by atoms with Gasteiger partial charge in [-0.15, -0.1) is 0 Å². The molecule has 0 aliphatic rings. The van der Waals surface area contributed by atoms with Crippen molar-refractivity contribution in [2.75, 3.05) is 0 Å². The normalized spacial score (nSPS) is 5.62. The van der Waals surface area contributed by atoms with Crippen LogP contribution in [0.3, 0.4) is 0 Å². The number of hydrogen-bond acceptors (Lipinski definition) is 1. The van der Waals surface area contributed by atoms with Crippen LogP contribution in [0.15, 0.2) is 12.2 Å². The molecular weight excluding hydrogens is 172 g/mol. The quantitative estimate of drug-likeness (QED) is 0.430. The predicted molar refractivity (Wildman–Crippen MR) is 30.0 cm³/mol.